The predicted octanol–water partition coefficient (Wildman–Crippen LogP) is 2.06. The standard InChI is InChI=1S/C14H18BrNO3/c1-16(10-14(18)6-8-19-9-7-14)13(17)11-4-2-3-5-12(11)15/h2-5,18H,6-10H2,1H3. The molecule has 0 bridgehead atoms. The molecule has 1 aromatic carbocycles. The summed E-state index contributed by atoms with van der Waals surface area (Å²) in [7, 11) is 1.72. The highest BCUT2D eigenvalue weighted by atomic mass is 79.9. The van der Waals surface area contributed by atoms with Gasteiger partial charge in [-0.25, -0.2) is 0 Å². The van der Waals surface area contributed by atoms with E-state index in [2.05, 4.69) is 15.9 Å². The number of likely N-dealkylation sites (N-methyl/N-ethyl adjacent to an activating group) is 1. The number of aliphatic hydroxyl groups is 1. The van der Waals surface area contributed by atoms with Crippen LogP contribution < -0.4 is 0 Å². The van der Waals surface area contributed by atoms with Gasteiger partial charge in [-0.2, -0.15) is 0 Å². The molecule has 1 aromatic rings. The van der Waals surface area contributed by atoms with Crippen LogP contribution in [0, 0.1) is 0 Å². The van der Waals surface area contributed by atoms with E-state index < -0.39 is 5.60 Å². The maximum Gasteiger partial charge on any atom is 0.254 e. The van der Waals surface area contributed by atoms with Crippen LogP contribution >= 0.6 is 15.9 Å². The van der Waals surface area contributed by atoms with Crippen LogP contribution in [0.4, 0.5) is 0 Å². The number of ether oxygens (including phenoxy) is 1. The number of nitrogens with zero attached hydrogens (tertiary/aromatic N) is 1. The van der Waals surface area contributed by atoms with Crippen LogP contribution in [-0.4, -0.2) is 48.3 Å². The van der Waals surface area contributed by atoms with Crippen molar-refractivity contribution >= 4 is 21.8 Å². The quantitative estimate of drug-likeness (QED) is 0.924. The lowest BCUT2D eigenvalue weighted by atomic mass is 9.94. The number of benzene rings is 1. The number of amides is 1. The van der Waals surface area contributed by atoms with E-state index in [0.717, 1.165) is 4.47 Å². The van der Waals surface area contributed by atoms with Crippen molar-refractivity contribution in [1.82, 2.24) is 4.90 Å². The molecule has 1 N–H and O–H groups in total. The Bertz CT molecular complexity index is 458. The zero-order chi connectivity index (χ0) is 13.9. The second kappa shape index (κ2) is 6.03. The molecular weight excluding hydrogens is 310 g/mol. The van der Waals surface area contributed by atoms with E-state index in [1.807, 2.05) is 18.2 Å². The van der Waals surface area contributed by atoms with E-state index in [4.69, 9.17) is 4.74 Å². The highest BCUT2D eigenvalue weighted by Crippen LogP contribution is 2.23. The molecule has 0 saturated carbocycles. The Morgan fingerprint density at radius 2 is 2.05 bits per heavy atom. The fourth-order valence-corrected chi connectivity index (χ4v) is 2.72. The number of carbonyl (C=O) groups excluding carboxylic acids is 1. The van der Waals surface area contributed by atoms with E-state index in [9.17, 15) is 9.90 Å². The van der Waals surface area contributed by atoms with Gasteiger partial charge in [-0.1, -0.05) is 12.1 Å². The van der Waals surface area contributed by atoms with E-state index in [1.54, 1.807) is 18.0 Å². The molecule has 19 heavy (non-hydrogen) atoms. The lowest BCUT2D eigenvalue weighted by Gasteiger charge is -2.35. The number of hydrogen-bond donors (Lipinski definition) is 1. The summed E-state index contributed by atoms with van der Waals surface area (Å²) in [6, 6.07) is 7.31. The minimum atomic E-state index is -0.829. The van der Waals surface area contributed by atoms with Crippen molar-refractivity contribution in [1.29, 1.82) is 0 Å². The van der Waals surface area contributed by atoms with Crippen LogP contribution in [0.1, 0.15) is 23.2 Å². The Morgan fingerprint density at radius 1 is 1.42 bits per heavy atom. The number of hydrogen-bond acceptors (Lipinski definition) is 3. The van der Waals surface area contributed by atoms with Gasteiger partial charge in [-0.05, 0) is 28.1 Å². The third-order valence-corrected chi connectivity index (χ3v) is 4.10. The molecule has 5 heteroatoms. The Labute approximate surface area is 121 Å². The van der Waals surface area contributed by atoms with Gasteiger partial charge in [0.1, 0.15) is 0 Å². The molecule has 1 aliphatic heterocycles. The van der Waals surface area contributed by atoms with Crippen LogP contribution in [-0.2, 0) is 4.74 Å². The fourth-order valence-electron chi connectivity index (χ4n) is 2.26. The first kappa shape index (κ1) is 14.5. The molecule has 1 heterocycles. The molecule has 0 aliphatic carbocycles. The van der Waals surface area contributed by atoms with Crippen LogP contribution in [0.3, 0.4) is 0 Å². The van der Waals surface area contributed by atoms with Crippen molar-refractivity contribution in [2.75, 3.05) is 26.8 Å². The Morgan fingerprint density at radius 3 is 2.68 bits per heavy atom. The van der Waals surface area contributed by atoms with E-state index in [-0.39, 0.29) is 5.91 Å². The van der Waals surface area contributed by atoms with Crippen molar-refractivity contribution in [2.45, 2.75) is 18.4 Å². The Balaban J connectivity index is 2.05. The molecule has 1 saturated heterocycles. The van der Waals surface area contributed by atoms with Gasteiger partial charge >= 0.3 is 0 Å². The summed E-state index contributed by atoms with van der Waals surface area (Å²) in [4.78, 5) is 13.9. The molecule has 0 atom stereocenters. The first-order valence-corrected chi connectivity index (χ1v) is 7.11. The highest BCUT2D eigenvalue weighted by Gasteiger charge is 2.32. The van der Waals surface area contributed by atoms with Gasteiger partial charge < -0.3 is 14.7 Å². The average Bonchev–Trinajstić information content (AvgIpc) is 2.39. The molecule has 4 nitrogen and oxygen atoms in total. The summed E-state index contributed by atoms with van der Waals surface area (Å²) >= 11 is 3.37. The predicted molar refractivity (Wildman–Crippen MR) is 76.1 cm³/mol. The second-order valence-electron chi connectivity index (χ2n) is 4.98. The summed E-state index contributed by atoms with van der Waals surface area (Å²) in [6.07, 6.45) is 1.14. The molecule has 2 rings (SSSR count). The molecule has 0 spiro atoms. The molecular formula is C14H18BrNO3. The summed E-state index contributed by atoms with van der Waals surface area (Å²) in [6.45, 7) is 1.43. The van der Waals surface area contributed by atoms with Crippen LogP contribution in [0.25, 0.3) is 0 Å². The van der Waals surface area contributed by atoms with Crippen molar-refractivity contribution in [3.63, 3.8) is 0 Å². The number of rotatable bonds is 3. The van der Waals surface area contributed by atoms with Crippen LogP contribution in [0.2, 0.25) is 0 Å². The zero-order valence-electron chi connectivity index (χ0n) is 10.9. The van der Waals surface area contributed by atoms with Crippen molar-refractivity contribution < 1.29 is 14.6 Å². The molecule has 1 amide bonds. The SMILES string of the molecule is CN(CC1(O)CCOCC1)C(=O)c1ccccc1Br. The van der Waals surface area contributed by atoms with Crippen molar-refractivity contribution in [3.05, 3.63) is 34.3 Å². The fraction of sp³-hybridized carbons (Fsp3) is 0.500. The maximum atomic E-state index is 12.3. The molecule has 1 aliphatic rings. The minimum absolute atomic E-state index is 0.0904. The molecule has 1 fully saturated rings. The molecule has 0 radical (unpaired) electrons. The highest BCUT2D eigenvalue weighted by molar-refractivity contribution is 9.10. The summed E-state index contributed by atoms with van der Waals surface area (Å²) < 4.78 is 6.01. The number of halogens is 1. The third-order valence-electron chi connectivity index (χ3n) is 3.41. The lowest BCUT2D eigenvalue weighted by Crippen LogP contribution is -2.47. The van der Waals surface area contributed by atoms with Crippen molar-refractivity contribution in [3.8, 4) is 0 Å². The van der Waals surface area contributed by atoms with Gasteiger partial charge in [0.2, 0.25) is 0 Å². The van der Waals surface area contributed by atoms with Crippen LogP contribution in [0.5, 0.6) is 0 Å². The summed E-state index contributed by atoms with van der Waals surface area (Å²) in [5.41, 5.74) is -0.218. The maximum absolute atomic E-state index is 12.3. The Kier molecular flexibility index (Phi) is 4.60. The average molecular weight is 328 g/mol. The second-order valence-corrected chi connectivity index (χ2v) is 5.83. The largest absolute Gasteiger partial charge is 0.388 e. The van der Waals surface area contributed by atoms with Gasteiger partial charge in [-0.3, -0.25) is 4.79 Å². The third kappa shape index (κ3) is 3.55. The smallest absolute Gasteiger partial charge is 0.254 e. The van der Waals surface area contributed by atoms with Gasteiger partial charge in [0.25, 0.3) is 5.91 Å². The monoisotopic (exact) mass is 327 g/mol. The van der Waals surface area contributed by atoms with E-state index in [1.165, 1.54) is 0 Å². The first-order chi connectivity index (χ1) is 9.02. The van der Waals surface area contributed by atoms with Gasteiger partial charge in [0.15, 0.2) is 0 Å². The zero-order valence-corrected chi connectivity index (χ0v) is 12.5. The van der Waals surface area contributed by atoms with E-state index in [0.29, 0.717) is 38.2 Å². The summed E-state index contributed by atoms with van der Waals surface area (Å²) in [5, 5.41) is 10.4. The molecule has 0 unspecified atom stereocenters. The van der Waals surface area contributed by atoms with Crippen LogP contribution in [0.15, 0.2) is 28.7 Å². The Hall–Kier alpha value is -0.910. The molecule has 104 valence electrons. The van der Waals surface area contributed by atoms with Gasteiger partial charge in [0, 0.05) is 44.1 Å². The number of carbonyl (C=O) groups is 1. The van der Waals surface area contributed by atoms with Crippen molar-refractivity contribution in [2.24, 2.45) is 0 Å². The first-order valence-electron chi connectivity index (χ1n) is 6.32. The topological polar surface area (TPSA) is 49.8 Å². The summed E-state index contributed by atoms with van der Waals surface area (Å²) in [5.74, 6) is -0.0904. The van der Waals surface area contributed by atoms with Gasteiger partial charge in [0.05, 0.1) is 11.2 Å². The molecule has 0 aromatic heterocycles. The minimum Gasteiger partial charge on any atom is -0.388 e. The van der Waals surface area contributed by atoms with Gasteiger partial charge in [-0.15, -0.1) is 0 Å². The van der Waals surface area contributed by atoms with E-state index >= 15 is 0 Å². The normalized spacial score (nSPS) is 18.1. The lowest BCUT2D eigenvalue weighted by molar-refractivity contribution is -0.0734.